The number of carbonyl (C=O) groups excluding carboxylic acids is 1. The standard InChI is InChI=1S/C31H28N2O2/c1-20-13-14-21(18-32)29(15-20)22-16-23-7-6-8-24(17-22)33(23)31(34)35-19-30-27-11-4-2-9-25(27)26-10-3-5-12-28(26)30/h2-5,9-16,23-24,30H,6-8,17,19H2,1H3. The molecule has 3 aromatic carbocycles. The lowest BCUT2D eigenvalue weighted by Crippen LogP contribution is -2.51. The van der Waals surface area contributed by atoms with Crippen molar-refractivity contribution >= 4 is 11.7 Å². The van der Waals surface area contributed by atoms with Crippen LogP contribution in [0.2, 0.25) is 0 Å². The molecule has 1 fully saturated rings. The van der Waals surface area contributed by atoms with Crippen LogP contribution < -0.4 is 0 Å². The molecule has 3 aliphatic rings. The van der Waals surface area contributed by atoms with Crippen LogP contribution in [0.15, 0.2) is 72.8 Å². The smallest absolute Gasteiger partial charge is 0.410 e. The van der Waals surface area contributed by atoms with Gasteiger partial charge in [-0.05, 0) is 72.1 Å². The van der Waals surface area contributed by atoms with Crippen molar-refractivity contribution in [3.63, 3.8) is 0 Å². The lowest BCUT2D eigenvalue weighted by molar-refractivity contribution is 0.0539. The number of rotatable bonds is 3. The second kappa shape index (κ2) is 8.74. The van der Waals surface area contributed by atoms with Crippen LogP contribution in [0.3, 0.4) is 0 Å². The van der Waals surface area contributed by atoms with Gasteiger partial charge in [0.25, 0.3) is 0 Å². The molecule has 0 radical (unpaired) electrons. The number of piperidine rings is 1. The fourth-order valence-electron chi connectivity index (χ4n) is 6.20. The minimum Gasteiger partial charge on any atom is -0.448 e. The van der Waals surface area contributed by atoms with Crippen LogP contribution >= 0.6 is 0 Å². The normalized spacial score (nSPS) is 20.5. The molecule has 2 atom stereocenters. The van der Waals surface area contributed by atoms with Gasteiger partial charge in [-0.25, -0.2) is 4.79 Å². The predicted octanol–water partition coefficient (Wildman–Crippen LogP) is 6.83. The summed E-state index contributed by atoms with van der Waals surface area (Å²) in [4.78, 5) is 15.4. The van der Waals surface area contributed by atoms with Gasteiger partial charge < -0.3 is 4.74 Å². The molecule has 4 nitrogen and oxygen atoms in total. The second-order valence-electron chi connectivity index (χ2n) is 9.92. The third-order valence-corrected chi connectivity index (χ3v) is 7.83. The summed E-state index contributed by atoms with van der Waals surface area (Å²) >= 11 is 0. The topological polar surface area (TPSA) is 53.3 Å². The molecule has 1 amide bonds. The molecule has 2 aliphatic heterocycles. The van der Waals surface area contributed by atoms with E-state index in [-0.39, 0.29) is 24.1 Å². The first-order valence-electron chi connectivity index (χ1n) is 12.5. The van der Waals surface area contributed by atoms with Crippen molar-refractivity contribution in [2.24, 2.45) is 0 Å². The molecule has 0 aromatic heterocycles. The maximum Gasteiger partial charge on any atom is 0.410 e. The zero-order chi connectivity index (χ0) is 23.9. The largest absolute Gasteiger partial charge is 0.448 e. The minimum absolute atomic E-state index is 0.0141. The van der Waals surface area contributed by atoms with E-state index in [4.69, 9.17) is 4.74 Å². The number of ether oxygens (including phenoxy) is 1. The number of hydrogen-bond donors (Lipinski definition) is 0. The first kappa shape index (κ1) is 21.7. The maximum absolute atomic E-state index is 13.4. The molecular formula is C31H28N2O2. The number of hydrogen-bond acceptors (Lipinski definition) is 3. The highest BCUT2D eigenvalue weighted by molar-refractivity contribution is 5.80. The number of nitriles is 1. The summed E-state index contributed by atoms with van der Waals surface area (Å²) in [5, 5.41) is 9.63. The fraction of sp³-hybridized carbons (Fsp3) is 0.290. The molecule has 1 saturated heterocycles. The van der Waals surface area contributed by atoms with Gasteiger partial charge in [-0.15, -0.1) is 0 Å². The summed E-state index contributed by atoms with van der Waals surface area (Å²) in [6.07, 6.45) is 5.74. The van der Waals surface area contributed by atoms with Gasteiger partial charge >= 0.3 is 6.09 Å². The van der Waals surface area contributed by atoms with E-state index >= 15 is 0 Å². The van der Waals surface area contributed by atoms with Crippen molar-refractivity contribution in [3.8, 4) is 17.2 Å². The zero-order valence-electron chi connectivity index (χ0n) is 19.9. The highest BCUT2D eigenvalue weighted by Crippen LogP contribution is 2.45. The molecule has 2 bridgehead atoms. The number of benzene rings is 3. The molecule has 6 rings (SSSR count). The molecule has 2 heterocycles. The second-order valence-corrected chi connectivity index (χ2v) is 9.92. The zero-order valence-corrected chi connectivity index (χ0v) is 19.9. The lowest BCUT2D eigenvalue weighted by Gasteiger charge is -2.44. The van der Waals surface area contributed by atoms with Crippen molar-refractivity contribution in [2.75, 3.05) is 6.61 Å². The summed E-state index contributed by atoms with van der Waals surface area (Å²) < 4.78 is 6.03. The van der Waals surface area contributed by atoms with Gasteiger partial charge in [-0.1, -0.05) is 72.3 Å². The van der Waals surface area contributed by atoms with Crippen LogP contribution in [-0.4, -0.2) is 29.7 Å². The van der Waals surface area contributed by atoms with Crippen molar-refractivity contribution in [2.45, 2.75) is 50.6 Å². The fourth-order valence-corrected chi connectivity index (χ4v) is 6.20. The van der Waals surface area contributed by atoms with Crippen LogP contribution in [0.4, 0.5) is 4.79 Å². The molecule has 174 valence electrons. The number of aryl methyl sites for hydroxylation is 1. The molecule has 0 spiro atoms. The quantitative estimate of drug-likeness (QED) is 0.431. The van der Waals surface area contributed by atoms with Gasteiger partial charge in [-0.2, -0.15) is 5.26 Å². The van der Waals surface area contributed by atoms with E-state index in [1.54, 1.807) is 0 Å². The van der Waals surface area contributed by atoms with Gasteiger partial charge in [0.2, 0.25) is 0 Å². The molecule has 0 saturated carbocycles. The van der Waals surface area contributed by atoms with Gasteiger partial charge in [0.05, 0.1) is 17.7 Å². The van der Waals surface area contributed by atoms with Crippen LogP contribution in [-0.2, 0) is 4.74 Å². The minimum atomic E-state index is -0.221. The highest BCUT2D eigenvalue weighted by atomic mass is 16.6. The molecule has 2 unspecified atom stereocenters. The Kier molecular flexibility index (Phi) is 5.41. The van der Waals surface area contributed by atoms with Crippen molar-refractivity contribution in [1.82, 2.24) is 4.90 Å². The monoisotopic (exact) mass is 460 g/mol. The summed E-state index contributed by atoms with van der Waals surface area (Å²) in [7, 11) is 0. The molecule has 4 heteroatoms. The van der Waals surface area contributed by atoms with Gasteiger partial charge in [0, 0.05) is 12.0 Å². The Balaban J connectivity index is 1.24. The Morgan fingerprint density at radius 2 is 1.71 bits per heavy atom. The Morgan fingerprint density at radius 1 is 1.00 bits per heavy atom. The molecule has 0 N–H and O–H groups in total. The number of amides is 1. The Labute approximate surface area is 206 Å². The number of carbonyl (C=O) groups is 1. The number of fused-ring (bicyclic) bond motifs is 5. The van der Waals surface area contributed by atoms with E-state index in [1.807, 2.05) is 17.0 Å². The van der Waals surface area contributed by atoms with E-state index in [9.17, 15) is 10.1 Å². The van der Waals surface area contributed by atoms with Crippen molar-refractivity contribution < 1.29 is 9.53 Å². The molecule has 35 heavy (non-hydrogen) atoms. The third kappa shape index (κ3) is 3.72. The van der Waals surface area contributed by atoms with Crippen LogP contribution in [0.5, 0.6) is 0 Å². The van der Waals surface area contributed by atoms with Crippen LogP contribution in [0.25, 0.3) is 16.7 Å². The van der Waals surface area contributed by atoms with E-state index in [0.29, 0.717) is 12.2 Å². The summed E-state index contributed by atoms with van der Waals surface area (Å²) in [5.74, 6) is 0.0626. The average molecular weight is 461 g/mol. The molecular weight excluding hydrogens is 432 g/mol. The molecule has 1 aliphatic carbocycles. The first-order valence-corrected chi connectivity index (χ1v) is 12.5. The Morgan fingerprint density at radius 3 is 2.40 bits per heavy atom. The number of nitrogens with zero attached hydrogens (tertiary/aromatic N) is 2. The van der Waals surface area contributed by atoms with E-state index in [0.717, 1.165) is 36.8 Å². The van der Waals surface area contributed by atoms with Gasteiger partial charge in [-0.3, -0.25) is 4.90 Å². The Hall–Kier alpha value is -3.84. The lowest BCUT2D eigenvalue weighted by atomic mass is 9.82. The molecule has 3 aromatic rings. The maximum atomic E-state index is 13.4. The van der Waals surface area contributed by atoms with E-state index < -0.39 is 0 Å². The van der Waals surface area contributed by atoms with E-state index in [1.165, 1.54) is 27.8 Å². The predicted molar refractivity (Wildman–Crippen MR) is 137 cm³/mol. The summed E-state index contributed by atoms with van der Waals surface area (Å²) in [6.45, 7) is 2.40. The Bertz CT molecular complexity index is 1340. The van der Waals surface area contributed by atoms with Crippen molar-refractivity contribution in [3.05, 3.63) is 101 Å². The van der Waals surface area contributed by atoms with Gasteiger partial charge in [0.15, 0.2) is 0 Å². The van der Waals surface area contributed by atoms with Crippen LogP contribution in [0, 0.1) is 18.3 Å². The van der Waals surface area contributed by atoms with Gasteiger partial charge in [0.1, 0.15) is 6.61 Å². The third-order valence-electron chi connectivity index (χ3n) is 7.83. The van der Waals surface area contributed by atoms with E-state index in [2.05, 4.69) is 73.7 Å². The summed E-state index contributed by atoms with van der Waals surface area (Å²) in [6, 6.07) is 25.3. The van der Waals surface area contributed by atoms with Crippen LogP contribution in [0.1, 0.15) is 59.4 Å². The first-order chi connectivity index (χ1) is 17.1. The summed E-state index contributed by atoms with van der Waals surface area (Å²) in [5.41, 5.74) is 8.96. The SMILES string of the molecule is Cc1ccc(C#N)c(C2=CC3CCCC(C2)N3C(=O)OCC2c3ccccc3-c3ccccc32)c1. The highest BCUT2D eigenvalue weighted by Gasteiger charge is 2.39. The van der Waals surface area contributed by atoms with Crippen molar-refractivity contribution in [1.29, 1.82) is 5.26 Å². The average Bonchev–Trinajstić information content (AvgIpc) is 3.20.